The molecular weight excluding hydrogens is 374 g/mol. The predicted octanol–water partition coefficient (Wildman–Crippen LogP) is 4.34. The van der Waals surface area contributed by atoms with E-state index in [1.54, 1.807) is 10.9 Å². The molecule has 0 radical (unpaired) electrons. The highest BCUT2D eigenvalue weighted by molar-refractivity contribution is 5.82. The topological polar surface area (TPSA) is 78.9 Å². The summed E-state index contributed by atoms with van der Waals surface area (Å²) in [5, 5.41) is 23.8. The fourth-order valence-corrected chi connectivity index (χ4v) is 8.39. The molecule has 30 heavy (non-hydrogen) atoms. The number of carbonyl (C=O) groups excluding carboxylic acids is 1. The maximum absolute atomic E-state index is 13.3. The molecule has 5 rings (SSSR count). The van der Waals surface area contributed by atoms with Gasteiger partial charge >= 0.3 is 0 Å². The number of rotatable bonds is 3. The van der Waals surface area contributed by atoms with Crippen molar-refractivity contribution in [3.63, 3.8) is 0 Å². The van der Waals surface area contributed by atoms with Crippen LogP contribution in [0.5, 0.6) is 0 Å². The Kier molecular flexibility index (Phi) is 4.85. The number of nitriles is 1. The molecule has 8 atom stereocenters. The van der Waals surface area contributed by atoms with Gasteiger partial charge in [0.25, 0.3) is 0 Å². The van der Waals surface area contributed by atoms with Crippen LogP contribution >= 0.6 is 0 Å². The fraction of sp³-hybridized carbons (Fsp3) is 0.800. The second-order valence-electron chi connectivity index (χ2n) is 11.4. The average molecular weight is 410 g/mol. The van der Waals surface area contributed by atoms with Gasteiger partial charge in [0, 0.05) is 12.1 Å². The molecule has 1 unspecified atom stereocenters. The zero-order valence-corrected chi connectivity index (χ0v) is 18.4. The quantitative estimate of drug-likeness (QED) is 0.805. The van der Waals surface area contributed by atoms with Crippen molar-refractivity contribution in [2.24, 2.45) is 40.9 Å². The molecule has 1 N–H and O–H groups in total. The summed E-state index contributed by atoms with van der Waals surface area (Å²) in [6.45, 7) is 4.72. The number of carbonyl (C=O) groups is 1. The molecule has 4 aliphatic rings. The summed E-state index contributed by atoms with van der Waals surface area (Å²) >= 11 is 0. The third-order valence-corrected chi connectivity index (χ3v) is 9.71. The summed E-state index contributed by atoms with van der Waals surface area (Å²) in [7, 11) is 0. The number of aromatic nitrogens is 2. The van der Waals surface area contributed by atoms with Crippen molar-refractivity contribution < 1.29 is 9.90 Å². The molecule has 0 aliphatic heterocycles. The van der Waals surface area contributed by atoms with Gasteiger partial charge < -0.3 is 5.11 Å². The second kappa shape index (κ2) is 7.19. The Morgan fingerprint density at radius 3 is 2.73 bits per heavy atom. The molecule has 0 aromatic carbocycles. The van der Waals surface area contributed by atoms with Gasteiger partial charge in [-0.1, -0.05) is 6.92 Å². The molecule has 1 aromatic heterocycles. The SMILES string of the molecule is C[C@@]1(O)CCC2[C@H](CC[C@@H]3[C@@H]2CC[C@]2(C)[C@@H](C(=O)Cn4cc(C#N)cn4)CC[C@@H]32)C1. The van der Waals surface area contributed by atoms with Crippen molar-refractivity contribution in [2.75, 3.05) is 0 Å². The van der Waals surface area contributed by atoms with Gasteiger partial charge in [-0.2, -0.15) is 10.4 Å². The highest BCUT2D eigenvalue weighted by Crippen LogP contribution is 2.64. The molecule has 162 valence electrons. The van der Waals surface area contributed by atoms with Gasteiger partial charge in [0.15, 0.2) is 5.78 Å². The first-order chi connectivity index (χ1) is 14.3. The summed E-state index contributed by atoms with van der Waals surface area (Å²) in [4.78, 5) is 13.3. The van der Waals surface area contributed by atoms with Crippen LogP contribution in [0.3, 0.4) is 0 Å². The van der Waals surface area contributed by atoms with Crippen molar-refractivity contribution in [3.05, 3.63) is 18.0 Å². The maximum Gasteiger partial charge on any atom is 0.157 e. The van der Waals surface area contributed by atoms with Crippen LogP contribution in [-0.2, 0) is 11.3 Å². The van der Waals surface area contributed by atoms with Crippen LogP contribution in [-0.4, -0.2) is 26.3 Å². The molecule has 0 bridgehead atoms. The standard InChI is InChI=1S/C25H35N3O2/c1-24(30)9-7-18-17(11-24)3-4-20-19(18)8-10-25(2)21(20)5-6-22(25)23(29)15-28-14-16(12-26)13-27-28/h13-14,17-22,30H,3-11,15H2,1-2H3/t17-,18?,19-,20-,21+,22-,24-,25+/m1/s1. The lowest BCUT2D eigenvalue weighted by Gasteiger charge is -2.56. The number of hydrogen-bond acceptors (Lipinski definition) is 4. The van der Waals surface area contributed by atoms with E-state index in [-0.39, 0.29) is 11.3 Å². The minimum absolute atomic E-state index is 0.121. The summed E-state index contributed by atoms with van der Waals surface area (Å²) in [6, 6.07) is 2.09. The molecule has 5 nitrogen and oxygen atoms in total. The number of nitrogens with zero attached hydrogens (tertiary/aromatic N) is 3. The van der Waals surface area contributed by atoms with E-state index in [9.17, 15) is 9.90 Å². The van der Waals surface area contributed by atoms with Gasteiger partial charge in [-0.15, -0.1) is 0 Å². The summed E-state index contributed by atoms with van der Waals surface area (Å²) in [5.41, 5.74) is 0.179. The molecule has 4 fully saturated rings. The highest BCUT2D eigenvalue weighted by Gasteiger charge is 2.58. The molecule has 0 spiro atoms. The Hall–Kier alpha value is -1.67. The number of aliphatic hydroxyl groups is 1. The Bertz CT molecular complexity index is 868. The largest absolute Gasteiger partial charge is 0.390 e. The van der Waals surface area contributed by atoms with Crippen molar-refractivity contribution in [3.8, 4) is 6.07 Å². The Labute approximate surface area is 179 Å². The number of Topliss-reactive ketones (excluding diaryl/α,β-unsaturated/α-hetero) is 1. The first kappa shape index (κ1) is 20.2. The molecule has 1 aromatic rings. The third-order valence-electron chi connectivity index (χ3n) is 9.71. The van der Waals surface area contributed by atoms with Gasteiger partial charge in [-0.25, -0.2) is 0 Å². The lowest BCUT2D eigenvalue weighted by Crippen LogP contribution is -2.51. The average Bonchev–Trinajstić information content (AvgIpc) is 3.30. The van der Waals surface area contributed by atoms with Crippen molar-refractivity contribution >= 4 is 5.78 Å². The molecule has 1 heterocycles. The maximum atomic E-state index is 13.3. The van der Waals surface area contributed by atoms with E-state index >= 15 is 0 Å². The minimum Gasteiger partial charge on any atom is -0.390 e. The van der Waals surface area contributed by atoms with Gasteiger partial charge in [0.1, 0.15) is 6.07 Å². The molecule has 0 saturated heterocycles. The molecule has 4 aliphatic carbocycles. The number of hydrogen-bond donors (Lipinski definition) is 1. The van der Waals surface area contributed by atoms with E-state index in [1.165, 1.54) is 38.3 Å². The van der Waals surface area contributed by atoms with Crippen molar-refractivity contribution in [2.45, 2.75) is 83.8 Å². The minimum atomic E-state index is -0.458. The van der Waals surface area contributed by atoms with Crippen LogP contribution in [0.1, 0.15) is 77.2 Å². The van der Waals surface area contributed by atoms with Crippen LogP contribution in [0.4, 0.5) is 0 Å². The highest BCUT2D eigenvalue weighted by atomic mass is 16.3. The van der Waals surface area contributed by atoms with E-state index in [1.807, 2.05) is 6.92 Å². The predicted molar refractivity (Wildman–Crippen MR) is 113 cm³/mol. The Morgan fingerprint density at radius 2 is 1.97 bits per heavy atom. The third kappa shape index (κ3) is 3.23. The normalized spacial score (nSPS) is 45.1. The lowest BCUT2D eigenvalue weighted by atomic mass is 9.49. The van der Waals surface area contributed by atoms with Crippen LogP contribution in [0, 0.1) is 52.3 Å². The number of ketones is 1. The van der Waals surface area contributed by atoms with E-state index in [2.05, 4.69) is 18.1 Å². The van der Waals surface area contributed by atoms with Crippen LogP contribution in [0.15, 0.2) is 12.4 Å². The van der Waals surface area contributed by atoms with Crippen LogP contribution < -0.4 is 0 Å². The van der Waals surface area contributed by atoms with E-state index in [0.29, 0.717) is 29.7 Å². The van der Waals surface area contributed by atoms with Crippen LogP contribution in [0.25, 0.3) is 0 Å². The van der Waals surface area contributed by atoms with E-state index in [4.69, 9.17) is 5.26 Å². The van der Waals surface area contributed by atoms with E-state index < -0.39 is 5.60 Å². The van der Waals surface area contributed by atoms with Crippen LogP contribution in [0.2, 0.25) is 0 Å². The molecule has 0 amide bonds. The van der Waals surface area contributed by atoms with Gasteiger partial charge in [0.2, 0.25) is 0 Å². The summed E-state index contributed by atoms with van der Waals surface area (Å²) in [6.07, 6.45) is 13.5. The molecule has 5 heteroatoms. The molecule has 4 saturated carbocycles. The van der Waals surface area contributed by atoms with Gasteiger partial charge in [0.05, 0.1) is 23.9 Å². The second-order valence-corrected chi connectivity index (χ2v) is 11.4. The fourth-order valence-electron chi connectivity index (χ4n) is 8.39. The first-order valence-electron chi connectivity index (χ1n) is 12.0. The van der Waals surface area contributed by atoms with Crippen molar-refractivity contribution in [1.82, 2.24) is 9.78 Å². The Morgan fingerprint density at radius 1 is 1.17 bits per heavy atom. The molecular formula is C25H35N3O2. The smallest absolute Gasteiger partial charge is 0.157 e. The van der Waals surface area contributed by atoms with Gasteiger partial charge in [-0.3, -0.25) is 9.48 Å². The number of fused-ring (bicyclic) bond motifs is 5. The Balaban J connectivity index is 1.30. The zero-order chi connectivity index (χ0) is 21.1. The zero-order valence-electron chi connectivity index (χ0n) is 18.4. The first-order valence-corrected chi connectivity index (χ1v) is 12.0. The van der Waals surface area contributed by atoms with Crippen molar-refractivity contribution in [1.29, 1.82) is 5.26 Å². The lowest BCUT2D eigenvalue weighted by molar-refractivity contribution is -0.133. The van der Waals surface area contributed by atoms with E-state index in [0.717, 1.165) is 43.4 Å². The summed E-state index contributed by atoms with van der Waals surface area (Å²) in [5.74, 6) is 4.15. The van der Waals surface area contributed by atoms with Gasteiger partial charge in [-0.05, 0) is 99.7 Å². The monoisotopic (exact) mass is 409 g/mol. The summed E-state index contributed by atoms with van der Waals surface area (Å²) < 4.78 is 1.64.